The number of carbonyl (C=O) groups is 6. The Kier molecular flexibility index (Phi) is 15.6. The minimum Gasteiger partial charge on any atom is -0.480 e. The summed E-state index contributed by atoms with van der Waals surface area (Å²) in [6.07, 6.45) is -0.932. The zero-order chi connectivity index (χ0) is 30.1. The number of aliphatic carboxylic acids is 1. The van der Waals surface area contributed by atoms with Crippen molar-refractivity contribution in [2.75, 3.05) is 13.1 Å². The number of nitrogens with zero attached hydrogens (tertiary/aromatic N) is 2. The highest BCUT2D eigenvalue weighted by Crippen LogP contribution is 2.05. The SMILES string of the molecule is NC(=O)CC(N)C(=O)NC(CCCN=C(N)N)C(=O)NC(CC(N)=O)C(=O)NC(CCCN=C(N)N)C(=O)O. The molecule has 5 amide bonds. The van der Waals surface area contributed by atoms with Crippen molar-refractivity contribution in [3.63, 3.8) is 0 Å². The van der Waals surface area contributed by atoms with Crippen LogP contribution in [0.4, 0.5) is 0 Å². The summed E-state index contributed by atoms with van der Waals surface area (Å²) in [5.41, 5.74) is 36.8. The largest absolute Gasteiger partial charge is 0.480 e. The number of carboxylic acids is 1. The van der Waals surface area contributed by atoms with Crippen molar-refractivity contribution in [3.8, 4) is 0 Å². The number of hydrogen-bond acceptors (Lipinski definition) is 9. The monoisotopic (exact) mass is 558 g/mol. The lowest BCUT2D eigenvalue weighted by Gasteiger charge is -2.24. The van der Waals surface area contributed by atoms with Gasteiger partial charge in [0, 0.05) is 13.1 Å². The van der Waals surface area contributed by atoms with Gasteiger partial charge in [-0.1, -0.05) is 0 Å². The first kappa shape index (κ1) is 34.3. The molecule has 4 unspecified atom stereocenters. The maximum Gasteiger partial charge on any atom is 0.326 e. The molecule has 0 saturated heterocycles. The Morgan fingerprint density at radius 3 is 1.46 bits per heavy atom. The molecule has 0 spiro atoms. The van der Waals surface area contributed by atoms with E-state index in [2.05, 4.69) is 25.9 Å². The van der Waals surface area contributed by atoms with Crippen LogP contribution in [0, 0.1) is 0 Å². The predicted octanol–water partition coefficient (Wildman–Crippen LogP) is -6.29. The number of amides is 5. The van der Waals surface area contributed by atoms with E-state index in [1.165, 1.54) is 0 Å². The lowest BCUT2D eigenvalue weighted by atomic mass is 10.1. The van der Waals surface area contributed by atoms with Crippen LogP contribution in [0.1, 0.15) is 38.5 Å². The van der Waals surface area contributed by atoms with Crippen molar-refractivity contribution < 1.29 is 33.9 Å². The normalized spacial score (nSPS) is 13.5. The van der Waals surface area contributed by atoms with Gasteiger partial charge in [-0.3, -0.25) is 34.0 Å². The van der Waals surface area contributed by atoms with E-state index in [1.54, 1.807) is 0 Å². The van der Waals surface area contributed by atoms with Crippen LogP contribution in [-0.2, 0) is 28.8 Å². The number of carboxylic acid groups (broad SMARTS) is 1. The first-order chi connectivity index (χ1) is 18.1. The van der Waals surface area contributed by atoms with Gasteiger partial charge in [-0.25, -0.2) is 4.79 Å². The van der Waals surface area contributed by atoms with Crippen LogP contribution in [0.2, 0.25) is 0 Å². The molecule has 0 aliphatic rings. The summed E-state index contributed by atoms with van der Waals surface area (Å²) in [5, 5.41) is 16.3. The molecule has 0 radical (unpaired) electrons. The maximum absolute atomic E-state index is 13.0. The molecule has 0 aliphatic carbocycles. The van der Waals surface area contributed by atoms with E-state index in [-0.39, 0.29) is 50.7 Å². The van der Waals surface area contributed by atoms with Gasteiger partial charge >= 0.3 is 5.97 Å². The van der Waals surface area contributed by atoms with Gasteiger partial charge in [0.15, 0.2) is 11.9 Å². The lowest BCUT2D eigenvalue weighted by molar-refractivity contribution is -0.142. The Morgan fingerprint density at radius 1 is 0.615 bits per heavy atom. The van der Waals surface area contributed by atoms with Crippen molar-refractivity contribution in [1.29, 1.82) is 0 Å². The molecule has 220 valence electrons. The second-order valence-corrected chi connectivity index (χ2v) is 8.37. The second kappa shape index (κ2) is 17.7. The van der Waals surface area contributed by atoms with E-state index in [9.17, 15) is 33.9 Å². The quantitative estimate of drug-likeness (QED) is 0.0400. The molecule has 4 atom stereocenters. The molecule has 0 aromatic heterocycles. The van der Waals surface area contributed by atoms with Gasteiger partial charge in [0.25, 0.3) is 0 Å². The van der Waals surface area contributed by atoms with Crippen molar-refractivity contribution in [2.45, 2.75) is 62.7 Å². The highest BCUT2D eigenvalue weighted by atomic mass is 16.4. The van der Waals surface area contributed by atoms with Crippen LogP contribution in [0.3, 0.4) is 0 Å². The third-order valence-electron chi connectivity index (χ3n) is 4.93. The van der Waals surface area contributed by atoms with Crippen LogP contribution in [0.15, 0.2) is 9.98 Å². The fourth-order valence-electron chi connectivity index (χ4n) is 3.08. The molecular weight excluding hydrogens is 520 g/mol. The van der Waals surface area contributed by atoms with Crippen LogP contribution < -0.4 is 56.1 Å². The van der Waals surface area contributed by atoms with E-state index in [0.29, 0.717) is 0 Å². The lowest BCUT2D eigenvalue weighted by Crippen LogP contribution is -2.58. The van der Waals surface area contributed by atoms with Gasteiger partial charge in [-0.05, 0) is 25.7 Å². The maximum atomic E-state index is 13.0. The van der Waals surface area contributed by atoms with E-state index in [1.807, 2.05) is 0 Å². The van der Waals surface area contributed by atoms with Gasteiger partial charge in [0.05, 0.1) is 18.9 Å². The van der Waals surface area contributed by atoms with Crippen molar-refractivity contribution in [1.82, 2.24) is 16.0 Å². The number of nitrogens with one attached hydrogen (secondary N) is 3. The summed E-state index contributed by atoms with van der Waals surface area (Å²) in [6, 6.07) is -5.68. The molecule has 0 rings (SSSR count). The summed E-state index contributed by atoms with van der Waals surface area (Å²) >= 11 is 0. The molecule has 19 nitrogen and oxygen atoms in total. The summed E-state index contributed by atoms with van der Waals surface area (Å²) in [7, 11) is 0. The number of aliphatic imine (C=N–C) groups is 2. The molecule has 0 bridgehead atoms. The van der Waals surface area contributed by atoms with Gasteiger partial charge in [0.1, 0.15) is 18.1 Å². The average molecular weight is 559 g/mol. The van der Waals surface area contributed by atoms with Crippen LogP contribution in [-0.4, -0.2) is 89.8 Å². The smallest absolute Gasteiger partial charge is 0.326 e. The highest BCUT2D eigenvalue weighted by Gasteiger charge is 2.31. The number of primary amides is 2. The topological polar surface area (TPSA) is 366 Å². The Balaban J connectivity index is 5.63. The summed E-state index contributed by atoms with van der Waals surface area (Å²) < 4.78 is 0. The zero-order valence-electron chi connectivity index (χ0n) is 21.3. The first-order valence-corrected chi connectivity index (χ1v) is 11.7. The highest BCUT2D eigenvalue weighted by molar-refractivity contribution is 5.96. The number of nitrogens with two attached hydrogens (primary N) is 7. The molecule has 39 heavy (non-hydrogen) atoms. The van der Waals surface area contributed by atoms with Crippen LogP contribution in [0.25, 0.3) is 0 Å². The fourth-order valence-corrected chi connectivity index (χ4v) is 3.08. The number of carbonyl (C=O) groups excluding carboxylic acids is 5. The Bertz CT molecular complexity index is 947. The average Bonchev–Trinajstić information content (AvgIpc) is 2.80. The number of hydrogen-bond donors (Lipinski definition) is 11. The molecule has 0 aromatic carbocycles. The minimum absolute atomic E-state index is 0.0505. The molecule has 0 aliphatic heterocycles. The van der Waals surface area contributed by atoms with Gasteiger partial charge in [0.2, 0.25) is 29.5 Å². The fraction of sp³-hybridized carbons (Fsp3) is 0.600. The molecule has 19 heteroatoms. The van der Waals surface area contributed by atoms with Crippen molar-refractivity contribution in [3.05, 3.63) is 0 Å². The molecule has 0 fully saturated rings. The van der Waals surface area contributed by atoms with Crippen LogP contribution in [0.5, 0.6) is 0 Å². The Labute approximate surface area is 223 Å². The number of rotatable bonds is 19. The molecule has 0 aromatic rings. The van der Waals surface area contributed by atoms with Crippen LogP contribution >= 0.6 is 0 Å². The van der Waals surface area contributed by atoms with Gasteiger partial charge < -0.3 is 61.2 Å². The van der Waals surface area contributed by atoms with Gasteiger partial charge in [-0.15, -0.1) is 0 Å². The Morgan fingerprint density at radius 2 is 1.03 bits per heavy atom. The zero-order valence-corrected chi connectivity index (χ0v) is 21.3. The molecule has 0 saturated carbocycles. The third kappa shape index (κ3) is 15.9. The van der Waals surface area contributed by atoms with E-state index >= 15 is 0 Å². The summed E-state index contributed by atoms with van der Waals surface area (Å²) in [5.74, 6) is -6.45. The van der Waals surface area contributed by atoms with Gasteiger partial charge in [-0.2, -0.15) is 0 Å². The van der Waals surface area contributed by atoms with E-state index < -0.39 is 72.5 Å². The van der Waals surface area contributed by atoms with Crippen molar-refractivity contribution in [2.24, 2.45) is 50.1 Å². The minimum atomic E-state index is -1.59. The predicted molar refractivity (Wildman–Crippen MR) is 139 cm³/mol. The summed E-state index contributed by atoms with van der Waals surface area (Å²) in [6.45, 7) is 0.184. The molecule has 18 N–H and O–H groups in total. The molecule has 0 heterocycles. The van der Waals surface area contributed by atoms with Crippen molar-refractivity contribution >= 4 is 47.4 Å². The standard InChI is InChI=1S/C20H38N12O7/c21-9(7-13(22)33)15(35)30-10(3-1-5-28-19(24)25)16(36)32-12(8-14(23)34)17(37)31-11(18(38)39)4-2-6-29-20(26)27/h9-12H,1-8,21H2,(H2,22,33)(H2,23,34)(H,30,35)(H,31,37)(H,32,36)(H,38,39)(H4,24,25,28)(H4,26,27,29). The summed E-state index contributed by atoms with van der Waals surface area (Å²) in [4.78, 5) is 79.9. The third-order valence-corrected chi connectivity index (χ3v) is 4.93. The first-order valence-electron chi connectivity index (χ1n) is 11.7. The Hall–Kier alpha value is -4.68. The van der Waals surface area contributed by atoms with E-state index in [0.717, 1.165) is 0 Å². The molecular formula is C20H38N12O7. The number of guanidine groups is 2. The second-order valence-electron chi connectivity index (χ2n) is 8.37. The van der Waals surface area contributed by atoms with E-state index in [4.69, 9.17) is 40.1 Å².